The van der Waals surface area contributed by atoms with Crippen LogP contribution in [0.1, 0.15) is 42.3 Å². The molecule has 9 heteroatoms. The van der Waals surface area contributed by atoms with Crippen LogP contribution < -0.4 is 10.9 Å². The third-order valence-corrected chi connectivity index (χ3v) is 5.97. The predicted octanol–water partition coefficient (Wildman–Crippen LogP) is 4.95. The molecule has 0 aliphatic rings. The second-order valence-corrected chi connectivity index (χ2v) is 8.40. The lowest BCUT2D eigenvalue weighted by Crippen LogP contribution is -2.35. The Morgan fingerprint density at radius 1 is 1.09 bits per heavy atom. The van der Waals surface area contributed by atoms with Crippen molar-refractivity contribution in [2.45, 2.75) is 46.0 Å². The molecule has 4 rings (SSSR count). The summed E-state index contributed by atoms with van der Waals surface area (Å²) in [6.45, 7) is 4.79. The first-order valence-electron chi connectivity index (χ1n) is 11.2. The van der Waals surface area contributed by atoms with Crippen molar-refractivity contribution in [3.05, 3.63) is 93.4 Å². The van der Waals surface area contributed by atoms with E-state index < -0.39 is 29.8 Å². The number of nitrogens with zero attached hydrogens (tertiary/aromatic N) is 3. The van der Waals surface area contributed by atoms with Crippen LogP contribution in [-0.4, -0.2) is 20.3 Å². The number of hydrogen-bond donors (Lipinski definition) is 1. The number of nitrogens with one attached hydrogen (secondary N) is 1. The molecule has 0 radical (unpaired) electrons. The molecule has 0 aliphatic carbocycles. The summed E-state index contributed by atoms with van der Waals surface area (Å²) in [5.74, 6) is -0.503. The molecule has 182 valence electrons. The molecule has 35 heavy (non-hydrogen) atoms. The summed E-state index contributed by atoms with van der Waals surface area (Å²) in [5, 5.41) is 6.94. The zero-order chi connectivity index (χ0) is 25.3. The van der Waals surface area contributed by atoms with E-state index in [9.17, 15) is 22.8 Å². The Kier molecular flexibility index (Phi) is 6.51. The Morgan fingerprint density at radius 3 is 2.34 bits per heavy atom. The minimum atomic E-state index is -4.76. The maximum Gasteiger partial charge on any atom is 0.417 e. The van der Waals surface area contributed by atoms with E-state index in [4.69, 9.17) is 0 Å². The van der Waals surface area contributed by atoms with Gasteiger partial charge in [-0.25, -0.2) is 4.68 Å². The Labute approximate surface area is 200 Å². The standard InChI is InChI=1S/C26H25F3N4O2/c1-4-18-10-12-20(13-11-18)33-25-24(17(3)31-33)21(26(27,28)29)14-23(35)32(25)15-22(34)30-16(2)19-8-6-5-7-9-19/h5-14,16H,4,15H2,1-3H3,(H,30,34). The number of halogens is 3. The Morgan fingerprint density at radius 2 is 1.74 bits per heavy atom. The highest BCUT2D eigenvalue weighted by atomic mass is 19.4. The molecule has 0 spiro atoms. The summed E-state index contributed by atoms with van der Waals surface area (Å²) in [6.07, 6.45) is -3.97. The van der Waals surface area contributed by atoms with Gasteiger partial charge in [0.2, 0.25) is 5.91 Å². The summed E-state index contributed by atoms with van der Waals surface area (Å²) in [6, 6.07) is 16.6. The van der Waals surface area contributed by atoms with Crippen molar-refractivity contribution >= 4 is 16.9 Å². The van der Waals surface area contributed by atoms with Crippen molar-refractivity contribution < 1.29 is 18.0 Å². The molecule has 2 heterocycles. The van der Waals surface area contributed by atoms with Gasteiger partial charge in [-0.1, -0.05) is 49.4 Å². The van der Waals surface area contributed by atoms with Crippen LogP contribution in [0.5, 0.6) is 0 Å². The van der Waals surface area contributed by atoms with Crippen LogP contribution in [0.2, 0.25) is 0 Å². The van der Waals surface area contributed by atoms with Crippen LogP contribution in [0.4, 0.5) is 13.2 Å². The smallest absolute Gasteiger partial charge is 0.348 e. The topological polar surface area (TPSA) is 68.9 Å². The van der Waals surface area contributed by atoms with E-state index in [1.165, 1.54) is 11.6 Å². The number of pyridine rings is 1. The summed E-state index contributed by atoms with van der Waals surface area (Å²) >= 11 is 0. The van der Waals surface area contributed by atoms with Gasteiger partial charge in [-0.05, 0) is 43.5 Å². The highest BCUT2D eigenvalue weighted by Crippen LogP contribution is 2.36. The number of carbonyl (C=O) groups is 1. The van der Waals surface area contributed by atoms with Gasteiger partial charge < -0.3 is 5.32 Å². The Hall–Kier alpha value is -3.88. The van der Waals surface area contributed by atoms with Gasteiger partial charge in [-0.3, -0.25) is 14.2 Å². The van der Waals surface area contributed by atoms with E-state index >= 15 is 0 Å². The zero-order valence-electron chi connectivity index (χ0n) is 19.6. The molecule has 0 aliphatic heterocycles. The SMILES string of the molecule is CCc1ccc(-n2nc(C)c3c(C(F)(F)F)cc(=O)n(CC(=O)NC(C)c4ccccc4)c32)cc1. The van der Waals surface area contributed by atoms with Crippen LogP contribution in [0.25, 0.3) is 16.7 Å². The van der Waals surface area contributed by atoms with E-state index in [1.54, 1.807) is 19.1 Å². The first-order valence-corrected chi connectivity index (χ1v) is 11.2. The van der Waals surface area contributed by atoms with Crippen molar-refractivity contribution in [2.24, 2.45) is 0 Å². The monoisotopic (exact) mass is 482 g/mol. The number of aromatic nitrogens is 3. The lowest BCUT2D eigenvalue weighted by atomic mass is 10.1. The van der Waals surface area contributed by atoms with Crippen LogP contribution in [0.3, 0.4) is 0 Å². The molecule has 0 saturated heterocycles. The molecule has 0 saturated carbocycles. The van der Waals surface area contributed by atoms with Gasteiger partial charge in [0, 0.05) is 6.07 Å². The molecular formula is C26H25F3N4O2. The van der Waals surface area contributed by atoms with Crippen LogP contribution >= 0.6 is 0 Å². The molecule has 1 amide bonds. The van der Waals surface area contributed by atoms with Crippen molar-refractivity contribution in [1.82, 2.24) is 19.7 Å². The van der Waals surface area contributed by atoms with Crippen molar-refractivity contribution in [3.8, 4) is 5.69 Å². The summed E-state index contributed by atoms with van der Waals surface area (Å²) < 4.78 is 44.0. The summed E-state index contributed by atoms with van der Waals surface area (Å²) in [5.41, 5.74) is 0.435. The fraction of sp³-hybridized carbons (Fsp3) is 0.269. The molecule has 1 atom stereocenters. The third kappa shape index (κ3) is 4.84. The predicted molar refractivity (Wildman–Crippen MR) is 127 cm³/mol. The van der Waals surface area contributed by atoms with Gasteiger partial charge in [0.1, 0.15) is 12.2 Å². The Balaban J connectivity index is 1.84. The molecule has 1 unspecified atom stereocenters. The number of amides is 1. The van der Waals surface area contributed by atoms with E-state index in [0.29, 0.717) is 11.8 Å². The molecule has 0 bridgehead atoms. The lowest BCUT2D eigenvalue weighted by molar-refractivity contribution is -0.136. The molecule has 2 aromatic heterocycles. The van der Waals surface area contributed by atoms with Crippen LogP contribution in [0, 0.1) is 6.92 Å². The van der Waals surface area contributed by atoms with Gasteiger partial charge in [-0.2, -0.15) is 18.3 Å². The third-order valence-electron chi connectivity index (χ3n) is 5.97. The van der Waals surface area contributed by atoms with E-state index in [1.807, 2.05) is 49.4 Å². The number of fused-ring (bicyclic) bond motifs is 1. The van der Waals surface area contributed by atoms with Gasteiger partial charge in [0.05, 0.1) is 28.4 Å². The Bertz CT molecular complexity index is 1420. The molecule has 4 aromatic rings. The van der Waals surface area contributed by atoms with Gasteiger partial charge in [0.25, 0.3) is 5.56 Å². The second kappa shape index (κ2) is 9.40. The molecular weight excluding hydrogens is 457 g/mol. The fourth-order valence-electron chi connectivity index (χ4n) is 4.14. The number of carbonyl (C=O) groups excluding carboxylic acids is 1. The maximum atomic E-state index is 13.9. The largest absolute Gasteiger partial charge is 0.417 e. The fourth-order valence-corrected chi connectivity index (χ4v) is 4.14. The van der Waals surface area contributed by atoms with Gasteiger partial charge in [-0.15, -0.1) is 0 Å². The number of benzene rings is 2. The minimum absolute atomic E-state index is 0.0749. The first kappa shape index (κ1) is 24.3. The average molecular weight is 483 g/mol. The molecule has 0 fully saturated rings. The van der Waals surface area contributed by atoms with Crippen molar-refractivity contribution in [1.29, 1.82) is 0 Å². The number of alkyl halides is 3. The van der Waals surface area contributed by atoms with E-state index in [0.717, 1.165) is 22.1 Å². The van der Waals surface area contributed by atoms with Crippen molar-refractivity contribution in [2.75, 3.05) is 0 Å². The van der Waals surface area contributed by atoms with Crippen molar-refractivity contribution in [3.63, 3.8) is 0 Å². The number of hydrogen-bond acceptors (Lipinski definition) is 3. The quantitative estimate of drug-likeness (QED) is 0.423. The second-order valence-electron chi connectivity index (χ2n) is 8.40. The molecule has 1 N–H and O–H groups in total. The van der Waals surface area contributed by atoms with E-state index in [2.05, 4.69) is 10.4 Å². The van der Waals surface area contributed by atoms with Gasteiger partial charge in [0.15, 0.2) is 0 Å². The lowest BCUT2D eigenvalue weighted by Gasteiger charge is -2.17. The summed E-state index contributed by atoms with van der Waals surface area (Å²) in [4.78, 5) is 25.8. The highest BCUT2D eigenvalue weighted by Gasteiger charge is 2.36. The minimum Gasteiger partial charge on any atom is -0.348 e. The maximum absolute atomic E-state index is 13.9. The zero-order valence-corrected chi connectivity index (χ0v) is 19.6. The molecule has 2 aromatic carbocycles. The highest BCUT2D eigenvalue weighted by molar-refractivity contribution is 5.86. The molecule has 6 nitrogen and oxygen atoms in total. The number of rotatable bonds is 6. The van der Waals surface area contributed by atoms with Crippen LogP contribution in [-0.2, 0) is 23.9 Å². The first-order chi connectivity index (χ1) is 16.6. The van der Waals surface area contributed by atoms with Crippen LogP contribution in [0.15, 0.2) is 65.5 Å². The normalized spacial score (nSPS) is 12.6. The summed E-state index contributed by atoms with van der Waals surface area (Å²) in [7, 11) is 0. The van der Waals surface area contributed by atoms with Gasteiger partial charge >= 0.3 is 6.18 Å². The van der Waals surface area contributed by atoms with E-state index in [-0.39, 0.29) is 22.8 Å². The number of aryl methyl sites for hydroxylation is 2. The average Bonchev–Trinajstić information content (AvgIpc) is 3.17.